The average Bonchev–Trinajstić information content (AvgIpc) is 3.25. The van der Waals surface area contributed by atoms with Gasteiger partial charge >= 0.3 is 0 Å². The van der Waals surface area contributed by atoms with E-state index in [4.69, 9.17) is 0 Å². The third kappa shape index (κ3) is 2.54. The number of para-hydroxylation sites is 1. The molecule has 108 valence electrons. The SMILES string of the molecule is C1=CC2CC1CC2CNCc1ccccc1-n1cccn1. The van der Waals surface area contributed by atoms with E-state index in [1.54, 1.807) is 0 Å². The third-order valence-corrected chi connectivity index (χ3v) is 4.88. The second-order valence-corrected chi connectivity index (χ2v) is 6.25. The Morgan fingerprint density at radius 2 is 2.10 bits per heavy atom. The number of nitrogens with one attached hydrogen (secondary N) is 1. The van der Waals surface area contributed by atoms with Crippen LogP contribution in [0.3, 0.4) is 0 Å². The van der Waals surface area contributed by atoms with Gasteiger partial charge in [-0.05, 0) is 54.8 Å². The fourth-order valence-corrected chi connectivity index (χ4v) is 3.82. The summed E-state index contributed by atoms with van der Waals surface area (Å²) in [4.78, 5) is 0. The van der Waals surface area contributed by atoms with Crippen LogP contribution in [0.1, 0.15) is 18.4 Å². The van der Waals surface area contributed by atoms with Crippen LogP contribution in [0.5, 0.6) is 0 Å². The lowest BCUT2D eigenvalue weighted by molar-refractivity contribution is 0.414. The zero-order valence-electron chi connectivity index (χ0n) is 12.2. The molecular formula is C18H21N3. The highest BCUT2D eigenvalue weighted by molar-refractivity contribution is 5.40. The zero-order valence-corrected chi connectivity index (χ0v) is 12.2. The molecule has 4 rings (SSSR count). The summed E-state index contributed by atoms with van der Waals surface area (Å²) in [6.45, 7) is 2.03. The maximum Gasteiger partial charge on any atom is 0.0690 e. The first-order valence-electron chi connectivity index (χ1n) is 7.87. The van der Waals surface area contributed by atoms with Gasteiger partial charge in [-0.1, -0.05) is 30.4 Å². The quantitative estimate of drug-likeness (QED) is 0.852. The molecule has 0 saturated heterocycles. The normalized spacial score (nSPS) is 26.6. The van der Waals surface area contributed by atoms with Crippen molar-refractivity contribution in [3.63, 3.8) is 0 Å². The summed E-state index contributed by atoms with van der Waals surface area (Å²) >= 11 is 0. The Balaban J connectivity index is 1.40. The summed E-state index contributed by atoms with van der Waals surface area (Å²) in [5, 5.41) is 8.00. The lowest BCUT2D eigenvalue weighted by atomic mass is 9.93. The highest BCUT2D eigenvalue weighted by atomic mass is 15.3. The van der Waals surface area contributed by atoms with Gasteiger partial charge in [-0.2, -0.15) is 5.10 Å². The lowest BCUT2D eigenvalue weighted by Gasteiger charge is -2.19. The number of benzene rings is 1. The standard InChI is InChI=1S/C18H21N3/c1-2-5-18(21-9-3-8-20-21)16(4-1)12-19-13-17-11-14-6-7-15(17)10-14/h1-9,14-15,17,19H,10-13H2. The molecule has 1 N–H and O–H groups in total. The number of hydrogen-bond acceptors (Lipinski definition) is 2. The molecule has 3 heteroatoms. The molecule has 2 aliphatic carbocycles. The second-order valence-electron chi connectivity index (χ2n) is 6.25. The summed E-state index contributed by atoms with van der Waals surface area (Å²) in [6.07, 6.45) is 11.4. The first-order chi connectivity index (χ1) is 10.4. The first kappa shape index (κ1) is 12.8. The fourth-order valence-electron chi connectivity index (χ4n) is 3.82. The van der Waals surface area contributed by atoms with Crippen LogP contribution in [0.2, 0.25) is 0 Å². The zero-order chi connectivity index (χ0) is 14.1. The van der Waals surface area contributed by atoms with E-state index in [9.17, 15) is 0 Å². The van der Waals surface area contributed by atoms with Gasteiger partial charge in [0.15, 0.2) is 0 Å². The Hall–Kier alpha value is -1.87. The lowest BCUT2D eigenvalue weighted by Crippen LogP contribution is -2.25. The van der Waals surface area contributed by atoms with Gasteiger partial charge in [-0.15, -0.1) is 0 Å². The molecule has 1 saturated carbocycles. The topological polar surface area (TPSA) is 29.9 Å². The molecule has 1 aromatic heterocycles. The molecule has 3 nitrogen and oxygen atoms in total. The molecule has 2 aliphatic rings. The Labute approximate surface area is 125 Å². The molecular weight excluding hydrogens is 258 g/mol. The smallest absolute Gasteiger partial charge is 0.0690 e. The van der Waals surface area contributed by atoms with Crippen LogP contribution >= 0.6 is 0 Å². The van der Waals surface area contributed by atoms with Crippen LogP contribution in [0, 0.1) is 17.8 Å². The van der Waals surface area contributed by atoms with Gasteiger partial charge in [0.25, 0.3) is 0 Å². The predicted octanol–water partition coefficient (Wildman–Crippen LogP) is 3.17. The van der Waals surface area contributed by atoms with Crippen molar-refractivity contribution < 1.29 is 0 Å². The molecule has 2 aromatic rings. The minimum atomic E-state index is 0.823. The number of aromatic nitrogens is 2. The van der Waals surface area contributed by atoms with Crippen LogP contribution in [-0.4, -0.2) is 16.3 Å². The Kier molecular flexibility index (Phi) is 3.36. The average molecular weight is 279 g/mol. The van der Waals surface area contributed by atoms with E-state index in [1.807, 2.05) is 23.1 Å². The maximum atomic E-state index is 4.34. The van der Waals surface area contributed by atoms with Crippen molar-refractivity contribution in [2.45, 2.75) is 19.4 Å². The van der Waals surface area contributed by atoms with Crippen LogP contribution in [0.4, 0.5) is 0 Å². The van der Waals surface area contributed by atoms with E-state index < -0.39 is 0 Å². The van der Waals surface area contributed by atoms with Gasteiger partial charge in [0.2, 0.25) is 0 Å². The van der Waals surface area contributed by atoms with E-state index in [2.05, 4.69) is 46.8 Å². The molecule has 1 aromatic carbocycles. The van der Waals surface area contributed by atoms with Gasteiger partial charge < -0.3 is 5.32 Å². The molecule has 3 atom stereocenters. The van der Waals surface area contributed by atoms with Crippen LogP contribution in [0.15, 0.2) is 54.9 Å². The number of fused-ring (bicyclic) bond motifs is 2. The van der Waals surface area contributed by atoms with E-state index in [1.165, 1.54) is 24.1 Å². The Morgan fingerprint density at radius 1 is 1.14 bits per heavy atom. The number of rotatable bonds is 5. The predicted molar refractivity (Wildman–Crippen MR) is 84.1 cm³/mol. The summed E-state index contributed by atoms with van der Waals surface area (Å²) < 4.78 is 1.94. The molecule has 0 spiro atoms. The summed E-state index contributed by atoms with van der Waals surface area (Å²) in [5.41, 5.74) is 2.47. The summed E-state index contributed by atoms with van der Waals surface area (Å²) in [5.74, 6) is 2.51. The van der Waals surface area contributed by atoms with Crippen molar-refractivity contribution in [3.8, 4) is 5.69 Å². The number of allylic oxidation sites excluding steroid dienone is 2. The largest absolute Gasteiger partial charge is 0.312 e. The van der Waals surface area contributed by atoms with Gasteiger partial charge in [0.05, 0.1) is 5.69 Å². The van der Waals surface area contributed by atoms with Gasteiger partial charge in [0.1, 0.15) is 0 Å². The molecule has 0 radical (unpaired) electrons. The van der Waals surface area contributed by atoms with E-state index in [0.29, 0.717) is 0 Å². The highest BCUT2D eigenvalue weighted by Gasteiger charge is 2.34. The van der Waals surface area contributed by atoms with E-state index >= 15 is 0 Å². The van der Waals surface area contributed by atoms with Crippen molar-refractivity contribution in [2.75, 3.05) is 6.54 Å². The van der Waals surface area contributed by atoms with Gasteiger partial charge in [-0.3, -0.25) is 0 Å². The van der Waals surface area contributed by atoms with Crippen molar-refractivity contribution in [1.82, 2.24) is 15.1 Å². The fraction of sp³-hybridized carbons (Fsp3) is 0.389. The summed E-state index contributed by atoms with van der Waals surface area (Å²) in [6, 6.07) is 10.5. The molecule has 0 amide bonds. The van der Waals surface area contributed by atoms with Crippen LogP contribution < -0.4 is 5.32 Å². The minimum Gasteiger partial charge on any atom is -0.312 e. The molecule has 2 bridgehead atoms. The Bertz CT molecular complexity index is 630. The van der Waals surface area contributed by atoms with Crippen LogP contribution in [-0.2, 0) is 6.54 Å². The number of nitrogens with zero attached hydrogens (tertiary/aromatic N) is 2. The number of hydrogen-bond donors (Lipinski definition) is 1. The Morgan fingerprint density at radius 3 is 2.86 bits per heavy atom. The molecule has 1 fully saturated rings. The van der Waals surface area contributed by atoms with Crippen molar-refractivity contribution in [2.24, 2.45) is 17.8 Å². The maximum absolute atomic E-state index is 4.34. The molecule has 0 aliphatic heterocycles. The van der Waals surface area contributed by atoms with Crippen LogP contribution in [0.25, 0.3) is 5.69 Å². The summed E-state index contributed by atoms with van der Waals surface area (Å²) in [7, 11) is 0. The highest BCUT2D eigenvalue weighted by Crippen LogP contribution is 2.42. The molecule has 1 heterocycles. The molecule has 21 heavy (non-hydrogen) atoms. The van der Waals surface area contributed by atoms with E-state index in [0.717, 1.165) is 30.8 Å². The van der Waals surface area contributed by atoms with E-state index in [-0.39, 0.29) is 0 Å². The second kappa shape index (κ2) is 5.49. The van der Waals surface area contributed by atoms with Gasteiger partial charge in [-0.25, -0.2) is 4.68 Å². The van der Waals surface area contributed by atoms with Crippen molar-refractivity contribution in [1.29, 1.82) is 0 Å². The monoisotopic (exact) mass is 279 g/mol. The van der Waals surface area contributed by atoms with Gasteiger partial charge in [0, 0.05) is 18.9 Å². The minimum absolute atomic E-state index is 0.823. The van der Waals surface area contributed by atoms with Crippen molar-refractivity contribution in [3.05, 3.63) is 60.4 Å². The molecule has 3 unspecified atom stereocenters. The first-order valence-corrected chi connectivity index (χ1v) is 7.87. The van der Waals surface area contributed by atoms with Crippen molar-refractivity contribution >= 4 is 0 Å². The third-order valence-electron chi connectivity index (χ3n) is 4.88.